The molecule has 3 heterocycles. The quantitative estimate of drug-likeness (QED) is 0.0882. The molecule has 6 atom stereocenters. The molecule has 3 aliphatic heterocycles. The maximum absolute atomic E-state index is 12.3. The topological polar surface area (TPSA) is 151 Å². The van der Waals surface area contributed by atoms with Gasteiger partial charge in [0, 0.05) is 19.6 Å². The minimum Gasteiger partial charge on any atom is -0.481 e. The highest BCUT2D eigenvalue weighted by molar-refractivity contribution is 5.86. The molecule has 310 valence electrons. The Morgan fingerprint density at radius 1 is 0.500 bits per heavy atom. The van der Waals surface area contributed by atoms with Crippen molar-refractivity contribution in [1.82, 2.24) is 20.9 Å². The van der Waals surface area contributed by atoms with Crippen molar-refractivity contribution >= 4 is 67.5 Å². The van der Waals surface area contributed by atoms with Crippen molar-refractivity contribution in [3.8, 4) is 0 Å². The number of rotatable bonds is 18. The Morgan fingerprint density at radius 3 is 1.00 bits per heavy atom. The molecule has 0 aromatic heterocycles. The number of aliphatic carboxylic acids is 3. The Morgan fingerprint density at radius 2 is 0.768 bits per heavy atom. The van der Waals surface area contributed by atoms with E-state index in [1.807, 2.05) is 36.4 Å². The van der Waals surface area contributed by atoms with Gasteiger partial charge in [-0.1, -0.05) is 72.8 Å². The molecule has 56 heavy (non-hydrogen) atoms. The van der Waals surface area contributed by atoms with Crippen molar-refractivity contribution in [2.45, 2.75) is 58.2 Å². The van der Waals surface area contributed by atoms with Crippen molar-refractivity contribution < 1.29 is 29.7 Å². The number of hydrogen-bond donors (Lipinski definition) is 6. The second-order valence-electron chi connectivity index (χ2n) is 15.3. The molecule has 3 aromatic rings. The van der Waals surface area contributed by atoms with Crippen LogP contribution in [0.2, 0.25) is 0 Å². The number of nitrogens with zero attached hydrogens (tertiary/aromatic N) is 1. The van der Waals surface area contributed by atoms with Crippen molar-refractivity contribution in [2.24, 2.45) is 35.5 Å². The molecule has 6 N–H and O–H groups in total. The van der Waals surface area contributed by atoms with E-state index >= 15 is 0 Å². The molecule has 3 fully saturated rings. The summed E-state index contributed by atoms with van der Waals surface area (Å²) >= 11 is 0. The van der Waals surface area contributed by atoms with Crippen LogP contribution < -0.4 is 16.0 Å². The van der Waals surface area contributed by atoms with Gasteiger partial charge in [-0.25, -0.2) is 0 Å². The van der Waals surface area contributed by atoms with Gasteiger partial charge in [0.25, 0.3) is 0 Å². The van der Waals surface area contributed by atoms with Crippen LogP contribution in [0.4, 0.5) is 0 Å². The average molecular weight is 857 g/mol. The lowest BCUT2D eigenvalue weighted by Gasteiger charge is -2.25. The van der Waals surface area contributed by atoms with E-state index < -0.39 is 35.7 Å². The fourth-order valence-corrected chi connectivity index (χ4v) is 8.70. The predicted molar refractivity (Wildman–Crippen MR) is 229 cm³/mol. The van der Waals surface area contributed by atoms with E-state index in [2.05, 4.69) is 57.2 Å². The van der Waals surface area contributed by atoms with Gasteiger partial charge in [-0.15, -0.1) is 49.6 Å². The number of nitrogens with one attached hydrogen (secondary N) is 3. The molecule has 0 amide bonds. The standard InChI is InChI=1S/C42H54N4O6.4ClH/c47-40(48)37(34-10-13-43-22-34)19-28-4-1-7-31(16-28)25-46(26-32-8-2-5-29(17-32)20-38(41(49)50)35-11-14-44-23-35)27-33-9-3-6-30(18-33)21-39(42(51)52)36-12-15-45-24-36;;;;/h1-9,16-18,34-39,43-45H,10-15,19-27H2,(H,47,48)(H,49,50)(H,51,52);4*1H/t34-,35-,36-,37-,38-,39-;;;;/m0..../s1. The van der Waals surface area contributed by atoms with Gasteiger partial charge in [0.15, 0.2) is 0 Å². The zero-order valence-electron chi connectivity index (χ0n) is 31.6. The third kappa shape index (κ3) is 13.9. The van der Waals surface area contributed by atoms with Gasteiger partial charge in [-0.3, -0.25) is 19.3 Å². The highest BCUT2D eigenvalue weighted by Gasteiger charge is 2.33. The second kappa shape index (κ2) is 24.1. The molecule has 0 bridgehead atoms. The lowest BCUT2D eigenvalue weighted by molar-refractivity contribution is -0.144. The fraction of sp³-hybridized carbons (Fsp3) is 0.500. The van der Waals surface area contributed by atoms with Crippen LogP contribution in [0.25, 0.3) is 0 Å². The van der Waals surface area contributed by atoms with Crippen molar-refractivity contribution in [1.29, 1.82) is 0 Å². The molecule has 0 radical (unpaired) electrons. The first-order valence-corrected chi connectivity index (χ1v) is 19.0. The molecule has 10 nitrogen and oxygen atoms in total. The van der Waals surface area contributed by atoms with Crippen LogP contribution in [0.3, 0.4) is 0 Å². The molecule has 3 aromatic carbocycles. The zero-order chi connectivity index (χ0) is 36.5. The predicted octanol–water partition coefficient (Wildman–Crippen LogP) is 6.13. The van der Waals surface area contributed by atoms with Crippen molar-refractivity contribution in [3.05, 3.63) is 106 Å². The Kier molecular flexibility index (Phi) is 21.2. The minimum absolute atomic E-state index is 0. The lowest BCUT2D eigenvalue weighted by Crippen LogP contribution is -2.28. The van der Waals surface area contributed by atoms with Crippen LogP contribution in [0.1, 0.15) is 52.6 Å². The zero-order valence-corrected chi connectivity index (χ0v) is 34.9. The molecule has 6 rings (SSSR count). The van der Waals surface area contributed by atoms with E-state index in [1.54, 1.807) is 0 Å². The third-order valence-corrected chi connectivity index (χ3v) is 11.5. The number of hydrogen-bond acceptors (Lipinski definition) is 7. The van der Waals surface area contributed by atoms with Gasteiger partial charge in [-0.2, -0.15) is 0 Å². The van der Waals surface area contributed by atoms with E-state index in [-0.39, 0.29) is 67.4 Å². The Labute approximate surface area is 355 Å². The summed E-state index contributed by atoms with van der Waals surface area (Å²) in [6.45, 7) is 6.65. The molecule has 0 unspecified atom stereocenters. The molecule has 3 saturated heterocycles. The normalized spacial score (nSPS) is 20.4. The monoisotopic (exact) mass is 854 g/mol. The van der Waals surface area contributed by atoms with Crippen LogP contribution in [-0.4, -0.2) is 77.4 Å². The van der Waals surface area contributed by atoms with Crippen LogP contribution in [0.5, 0.6) is 0 Å². The van der Waals surface area contributed by atoms with E-state index in [9.17, 15) is 29.7 Å². The summed E-state index contributed by atoms with van der Waals surface area (Å²) in [5, 5.41) is 40.1. The smallest absolute Gasteiger partial charge is 0.307 e. The first-order valence-electron chi connectivity index (χ1n) is 19.0. The summed E-state index contributed by atoms with van der Waals surface area (Å²) in [6, 6.07) is 24.8. The minimum atomic E-state index is -0.746. The molecular weight excluding hydrogens is 798 g/mol. The van der Waals surface area contributed by atoms with Crippen molar-refractivity contribution in [2.75, 3.05) is 39.3 Å². The summed E-state index contributed by atoms with van der Waals surface area (Å²) < 4.78 is 0. The third-order valence-electron chi connectivity index (χ3n) is 11.5. The van der Waals surface area contributed by atoms with Crippen molar-refractivity contribution in [3.63, 3.8) is 0 Å². The first-order chi connectivity index (χ1) is 25.2. The Bertz CT molecular complexity index is 1490. The molecule has 0 aliphatic carbocycles. The first kappa shape index (κ1) is 49.2. The summed E-state index contributed by atoms with van der Waals surface area (Å²) in [7, 11) is 0. The van der Waals surface area contributed by atoms with Gasteiger partial charge >= 0.3 is 17.9 Å². The number of carboxylic acid groups (broad SMARTS) is 3. The van der Waals surface area contributed by atoms with Gasteiger partial charge in [0.1, 0.15) is 0 Å². The van der Waals surface area contributed by atoms with Crippen LogP contribution >= 0.6 is 49.6 Å². The van der Waals surface area contributed by atoms with Gasteiger partial charge in [0.05, 0.1) is 17.8 Å². The SMILES string of the molecule is Cl.Cl.Cl.Cl.O=C(O)[C@@H](Cc1cccc(CN(Cc2cccc(C[C@H](C(=O)O)[C@H]3CCNC3)c2)Cc2cccc(C[C@H](C(=O)O)[C@H]3CCNC3)c2)c1)[C@H]1CCNC1. The van der Waals surface area contributed by atoms with Gasteiger partial charge < -0.3 is 31.3 Å². The fourth-order valence-electron chi connectivity index (χ4n) is 8.70. The molecular formula is C42H58Cl4N4O6. The second-order valence-corrected chi connectivity index (χ2v) is 15.3. The number of carbonyl (C=O) groups is 3. The number of halogens is 4. The van der Waals surface area contributed by atoms with Gasteiger partial charge in [-0.05, 0) is 129 Å². The summed E-state index contributed by atoms with van der Waals surface area (Å²) in [5.74, 6) is -3.18. The molecule has 0 spiro atoms. The summed E-state index contributed by atoms with van der Waals surface area (Å²) in [6.07, 6.45) is 4.08. The highest BCUT2D eigenvalue weighted by atomic mass is 35.5. The largest absolute Gasteiger partial charge is 0.481 e. The molecule has 3 aliphatic rings. The molecule has 14 heteroatoms. The van der Waals surface area contributed by atoms with Crippen LogP contribution in [-0.2, 0) is 53.3 Å². The summed E-state index contributed by atoms with van der Waals surface area (Å²) in [4.78, 5) is 39.2. The van der Waals surface area contributed by atoms with Crippen LogP contribution in [0.15, 0.2) is 72.8 Å². The lowest BCUT2D eigenvalue weighted by atomic mass is 9.85. The average Bonchev–Trinajstić information content (AvgIpc) is 3.94. The number of benzene rings is 3. The summed E-state index contributed by atoms with van der Waals surface area (Å²) in [5.41, 5.74) is 6.34. The van der Waals surface area contributed by atoms with Gasteiger partial charge in [0.2, 0.25) is 0 Å². The van der Waals surface area contributed by atoms with E-state index in [1.165, 1.54) is 0 Å². The molecule has 0 saturated carbocycles. The maximum Gasteiger partial charge on any atom is 0.307 e. The Balaban J connectivity index is 0.00000271. The number of carboxylic acids is 3. The Hall–Kier alpha value is -2.93. The van der Waals surface area contributed by atoms with E-state index in [4.69, 9.17) is 0 Å². The highest BCUT2D eigenvalue weighted by Crippen LogP contribution is 2.28. The van der Waals surface area contributed by atoms with E-state index in [0.717, 1.165) is 91.9 Å². The van der Waals surface area contributed by atoms with Crippen LogP contribution in [0, 0.1) is 35.5 Å². The van der Waals surface area contributed by atoms with E-state index in [0.29, 0.717) is 38.9 Å². The maximum atomic E-state index is 12.3.